The van der Waals surface area contributed by atoms with Crippen LogP contribution in [-0.4, -0.2) is 69.6 Å². The molecule has 0 radical (unpaired) electrons. The van der Waals surface area contributed by atoms with Crippen molar-refractivity contribution >= 4 is 40.5 Å². The molecule has 0 aromatic heterocycles. The number of benzene rings is 2. The van der Waals surface area contributed by atoms with Crippen LogP contribution in [0.3, 0.4) is 0 Å². The van der Waals surface area contributed by atoms with Crippen LogP contribution < -0.4 is 10.6 Å². The number of hydrogen-bond acceptors (Lipinski definition) is 5. The van der Waals surface area contributed by atoms with Crippen molar-refractivity contribution in [3.63, 3.8) is 0 Å². The van der Waals surface area contributed by atoms with E-state index in [9.17, 15) is 27.0 Å². The minimum Gasteiger partial charge on any atom is -0.343 e. The summed E-state index contributed by atoms with van der Waals surface area (Å²) in [6.07, 6.45) is 3.26. The molecule has 2 N–H and O–H groups in total. The van der Waals surface area contributed by atoms with E-state index in [1.165, 1.54) is 43.2 Å². The largest absolute Gasteiger partial charge is 0.446 e. The molecular formula is C36H47ClF3N3O4S. The van der Waals surface area contributed by atoms with Gasteiger partial charge in [0.25, 0.3) is 0 Å². The first kappa shape index (κ1) is 38.0. The van der Waals surface area contributed by atoms with E-state index in [2.05, 4.69) is 22.8 Å². The van der Waals surface area contributed by atoms with Gasteiger partial charge in [0.05, 0.1) is 6.04 Å². The van der Waals surface area contributed by atoms with Crippen molar-refractivity contribution < 1.29 is 31.8 Å². The van der Waals surface area contributed by atoms with E-state index in [1.54, 1.807) is 0 Å². The molecule has 5 rings (SSSR count). The molecule has 2 aliphatic heterocycles. The smallest absolute Gasteiger partial charge is 0.343 e. The summed E-state index contributed by atoms with van der Waals surface area (Å²) in [6.45, 7) is 6.02. The molecule has 1 aliphatic carbocycles. The predicted molar refractivity (Wildman–Crippen MR) is 183 cm³/mol. The molecule has 3 aliphatic rings. The van der Waals surface area contributed by atoms with Gasteiger partial charge < -0.3 is 15.5 Å². The minimum atomic E-state index is -4.64. The third-order valence-corrected chi connectivity index (χ3v) is 12.2. The summed E-state index contributed by atoms with van der Waals surface area (Å²) in [6, 6.07) is 14.6. The average Bonchev–Trinajstić information content (AvgIpc) is 3.09. The van der Waals surface area contributed by atoms with E-state index in [0.29, 0.717) is 43.4 Å². The highest BCUT2D eigenvalue weighted by molar-refractivity contribution is 7.85. The highest BCUT2D eigenvalue weighted by atomic mass is 35.5. The summed E-state index contributed by atoms with van der Waals surface area (Å²) in [5.74, 6) is 1.14. The lowest BCUT2D eigenvalue weighted by molar-refractivity contribution is -0.156. The zero-order chi connectivity index (χ0) is 34.9. The highest BCUT2D eigenvalue weighted by Gasteiger charge is 2.44. The average molecular weight is 710 g/mol. The van der Waals surface area contributed by atoms with E-state index in [1.807, 2.05) is 55.1 Å². The number of rotatable bonds is 9. The number of carbonyl (C=O) groups is 3. The summed E-state index contributed by atoms with van der Waals surface area (Å²) >= 11 is 6.13. The van der Waals surface area contributed by atoms with Gasteiger partial charge in [0.15, 0.2) is 0 Å². The third-order valence-electron chi connectivity index (χ3n) is 10.00. The number of amides is 2. The van der Waals surface area contributed by atoms with Gasteiger partial charge in [-0.05, 0) is 72.3 Å². The molecule has 3 atom stereocenters. The molecule has 2 aromatic carbocycles. The first-order valence-corrected chi connectivity index (χ1v) is 18.6. The normalized spacial score (nSPS) is 20.9. The monoisotopic (exact) mass is 709 g/mol. The lowest BCUT2D eigenvalue weighted by atomic mass is 9.65. The van der Waals surface area contributed by atoms with Gasteiger partial charge in [0, 0.05) is 52.9 Å². The van der Waals surface area contributed by atoms with E-state index >= 15 is 0 Å². The molecule has 12 heteroatoms. The molecule has 264 valence electrons. The quantitative estimate of drug-likeness (QED) is 0.304. The molecular weight excluding hydrogens is 663 g/mol. The number of nitrogens with one attached hydrogen (secondary N) is 2. The number of fused-ring (bicyclic) bond motifs is 1. The molecule has 2 fully saturated rings. The Bertz CT molecular complexity index is 1410. The molecule has 0 bridgehead atoms. The Morgan fingerprint density at radius 2 is 1.65 bits per heavy atom. The van der Waals surface area contributed by atoms with Crippen LogP contribution in [0.4, 0.5) is 13.2 Å². The number of nitrogens with zero attached hydrogens (tertiary/aromatic N) is 1. The van der Waals surface area contributed by atoms with Crippen molar-refractivity contribution in [1.29, 1.82) is 0 Å². The first-order chi connectivity index (χ1) is 22.8. The van der Waals surface area contributed by atoms with E-state index in [0.717, 1.165) is 24.2 Å². The number of likely N-dealkylation sites (tertiary alicyclic amines) is 1. The fraction of sp³-hybridized carbons (Fsp3) is 0.583. The minimum absolute atomic E-state index is 0.0284. The topological polar surface area (TPSA) is 95.6 Å². The molecule has 2 aromatic rings. The molecule has 2 heterocycles. The lowest BCUT2D eigenvalue weighted by Crippen LogP contribution is -2.57. The Labute approximate surface area is 289 Å². The van der Waals surface area contributed by atoms with Gasteiger partial charge in [-0.15, -0.1) is 0 Å². The maximum atomic E-state index is 14.1. The zero-order valence-corrected chi connectivity index (χ0v) is 29.3. The van der Waals surface area contributed by atoms with Crippen LogP contribution in [0.2, 0.25) is 5.02 Å². The molecule has 48 heavy (non-hydrogen) atoms. The summed E-state index contributed by atoms with van der Waals surface area (Å²) in [4.78, 5) is 38.3. The standard InChI is InChI=1S/C34H46ClN3O3S.C2HF3O/c1-24(2)42(41)23-34(28-10-4-3-5-11-28)16-18-38(19-17-34)33(40)31(20-25-12-14-29(35)15-13-25)37-32(39)30-21-26-8-6-7-9-27(26)22-36-30;3-2(4,5)1-6/h6-9,12-15,24,28,30-31,36H,3-5,10-11,16-23H2,1-2H3,(H,37,39);1H/t30-,31-,42?;/m1./s1. The van der Waals surface area contributed by atoms with Crippen molar-refractivity contribution in [3.8, 4) is 0 Å². The first-order valence-electron chi connectivity index (χ1n) is 16.8. The number of piperidine rings is 1. The van der Waals surface area contributed by atoms with Crippen molar-refractivity contribution in [3.05, 3.63) is 70.2 Å². The van der Waals surface area contributed by atoms with Crippen LogP contribution in [0.25, 0.3) is 0 Å². The van der Waals surface area contributed by atoms with Gasteiger partial charge in [-0.3, -0.25) is 18.6 Å². The summed E-state index contributed by atoms with van der Waals surface area (Å²) in [5.41, 5.74) is 3.37. The van der Waals surface area contributed by atoms with Crippen LogP contribution in [0, 0.1) is 11.3 Å². The SMILES string of the molecule is CC(C)S(=O)CC1(C2CCCCC2)CCN(C(=O)[C@@H](Cc2ccc(Cl)cc2)NC(=O)[C@H]2Cc3ccccc3CN2)CC1.O=CC(F)(F)F. The molecule has 7 nitrogen and oxygen atoms in total. The third kappa shape index (κ3) is 10.6. The molecule has 1 saturated heterocycles. The van der Waals surface area contributed by atoms with Crippen molar-refractivity contribution in [1.82, 2.24) is 15.5 Å². The van der Waals surface area contributed by atoms with Gasteiger partial charge in [-0.2, -0.15) is 13.2 Å². The van der Waals surface area contributed by atoms with Crippen LogP contribution >= 0.6 is 11.6 Å². The Hall–Kier alpha value is -2.76. The molecule has 0 spiro atoms. The van der Waals surface area contributed by atoms with Crippen molar-refractivity contribution in [2.45, 2.75) is 102 Å². The molecule has 1 unspecified atom stereocenters. The zero-order valence-electron chi connectivity index (χ0n) is 27.7. The van der Waals surface area contributed by atoms with Crippen LogP contribution in [0.15, 0.2) is 48.5 Å². The number of hydrogen-bond donors (Lipinski definition) is 2. The maximum Gasteiger partial charge on any atom is 0.446 e. The number of halogens is 4. The second-order valence-electron chi connectivity index (χ2n) is 13.6. The fourth-order valence-electron chi connectivity index (χ4n) is 7.20. The van der Waals surface area contributed by atoms with Crippen LogP contribution in [0.1, 0.15) is 75.5 Å². The lowest BCUT2D eigenvalue weighted by Gasteiger charge is -2.48. The van der Waals surface area contributed by atoms with Gasteiger partial charge in [-0.25, -0.2) is 0 Å². The van der Waals surface area contributed by atoms with Gasteiger partial charge >= 0.3 is 6.18 Å². The van der Waals surface area contributed by atoms with Gasteiger partial charge in [0.2, 0.25) is 18.1 Å². The van der Waals surface area contributed by atoms with Crippen LogP contribution in [-0.2, 0) is 44.6 Å². The Kier molecular flexibility index (Phi) is 13.7. The Balaban J connectivity index is 0.000000794. The Morgan fingerprint density at radius 3 is 2.23 bits per heavy atom. The number of aldehydes is 1. The van der Waals surface area contributed by atoms with Crippen molar-refractivity contribution in [2.75, 3.05) is 18.8 Å². The van der Waals surface area contributed by atoms with Crippen LogP contribution in [0.5, 0.6) is 0 Å². The highest BCUT2D eigenvalue weighted by Crippen LogP contribution is 2.47. The molecule has 1 saturated carbocycles. The van der Waals surface area contributed by atoms with Gasteiger partial charge in [0.1, 0.15) is 6.04 Å². The van der Waals surface area contributed by atoms with E-state index < -0.39 is 29.3 Å². The molecule has 2 amide bonds. The summed E-state index contributed by atoms with van der Waals surface area (Å²) in [7, 11) is -0.874. The fourth-order valence-corrected chi connectivity index (χ4v) is 8.75. The number of carbonyl (C=O) groups excluding carboxylic acids is 3. The van der Waals surface area contributed by atoms with Crippen molar-refractivity contribution in [2.24, 2.45) is 11.3 Å². The second kappa shape index (κ2) is 17.3. The summed E-state index contributed by atoms with van der Waals surface area (Å²) in [5, 5.41) is 7.28. The Morgan fingerprint density at radius 1 is 1.04 bits per heavy atom. The number of alkyl halides is 3. The summed E-state index contributed by atoms with van der Waals surface area (Å²) < 4.78 is 44.4. The van der Waals surface area contributed by atoms with E-state index in [4.69, 9.17) is 16.4 Å². The predicted octanol–water partition coefficient (Wildman–Crippen LogP) is 6.18. The maximum absolute atomic E-state index is 14.1. The van der Waals surface area contributed by atoms with E-state index in [-0.39, 0.29) is 28.5 Å². The second-order valence-corrected chi connectivity index (χ2v) is 16.0. The van der Waals surface area contributed by atoms with Gasteiger partial charge in [-0.1, -0.05) is 81.1 Å².